The zero-order valence-corrected chi connectivity index (χ0v) is 27.6. The monoisotopic (exact) mass is 593 g/mol. The smallest absolute Gasteiger partial charge is 0.0723 e. The Kier molecular flexibility index (Phi) is 6.00. The maximum Gasteiger partial charge on any atom is 0.0723 e. The molecular weight excluding hydrogens is 555 g/mol. The predicted octanol–water partition coefficient (Wildman–Crippen LogP) is 11.5. The molecule has 3 aliphatic rings. The molecule has 0 N–H and O–H groups in total. The van der Waals surface area contributed by atoms with Crippen LogP contribution in [0.1, 0.15) is 74.9 Å². The van der Waals surface area contributed by atoms with Crippen molar-refractivity contribution < 1.29 is 0 Å². The van der Waals surface area contributed by atoms with Gasteiger partial charge in [-0.1, -0.05) is 132 Å². The Morgan fingerprint density at radius 3 is 1.67 bits per heavy atom. The fourth-order valence-corrected chi connectivity index (χ4v) is 8.48. The minimum atomic E-state index is -0.482. The molecule has 1 nitrogen and oxygen atoms in total. The first-order chi connectivity index (χ1) is 22.1. The van der Waals surface area contributed by atoms with Crippen LogP contribution < -0.4 is 4.90 Å². The maximum absolute atomic E-state index is 6.25. The molecule has 0 saturated heterocycles. The third-order valence-corrected chi connectivity index (χ3v) is 10.7. The molecule has 1 aliphatic heterocycles. The lowest BCUT2D eigenvalue weighted by Gasteiger charge is -2.42. The van der Waals surface area contributed by atoms with Gasteiger partial charge < -0.3 is 4.90 Å². The van der Waals surface area contributed by atoms with Gasteiger partial charge in [0.1, 0.15) is 0 Å². The van der Waals surface area contributed by atoms with Crippen LogP contribution in [0.4, 0.5) is 17.1 Å². The van der Waals surface area contributed by atoms with E-state index in [-0.39, 0.29) is 10.8 Å². The van der Waals surface area contributed by atoms with Crippen LogP contribution in [0.2, 0.25) is 0 Å². The van der Waals surface area contributed by atoms with Crippen molar-refractivity contribution in [2.45, 2.75) is 52.4 Å². The van der Waals surface area contributed by atoms with E-state index < -0.39 is 5.41 Å². The molecule has 1 heterocycles. The number of terminal acetylenes is 1. The molecule has 0 radical (unpaired) electrons. The van der Waals surface area contributed by atoms with E-state index in [0.29, 0.717) is 0 Å². The Labute approximate surface area is 273 Å². The van der Waals surface area contributed by atoms with Crippen LogP contribution in [0.5, 0.6) is 0 Å². The van der Waals surface area contributed by atoms with Gasteiger partial charge in [0.05, 0.1) is 16.8 Å². The summed E-state index contributed by atoms with van der Waals surface area (Å²) in [5.41, 5.74) is 17.0. The van der Waals surface area contributed by atoms with Gasteiger partial charge in [-0.3, -0.25) is 0 Å². The van der Waals surface area contributed by atoms with Gasteiger partial charge in [0.2, 0.25) is 0 Å². The van der Waals surface area contributed by atoms with Crippen molar-refractivity contribution in [1.29, 1.82) is 0 Å². The summed E-state index contributed by atoms with van der Waals surface area (Å²) in [5.74, 6) is 3.08. The molecule has 0 saturated carbocycles. The van der Waals surface area contributed by atoms with Crippen molar-refractivity contribution in [3.8, 4) is 23.5 Å². The van der Waals surface area contributed by atoms with Gasteiger partial charge in [0.25, 0.3) is 0 Å². The Morgan fingerprint density at radius 1 is 0.652 bits per heavy atom. The summed E-state index contributed by atoms with van der Waals surface area (Å²) in [6.45, 7) is 13.6. The first-order valence-electron chi connectivity index (χ1n) is 16.3. The molecule has 0 unspecified atom stereocenters. The third-order valence-electron chi connectivity index (χ3n) is 10.7. The normalized spacial score (nSPS) is 16.8. The van der Waals surface area contributed by atoms with E-state index in [0.717, 1.165) is 5.57 Å². The molecule has 46 heavy (non-hydrogen) atoms. The van der Waals surface area contributed by atoms with Crippen LogP contribution in [0.25, 0.3) is 16.7 Å². The molecule has 0 amide bonds. The molecule has 0 atom stereocenters. The number of rotatable bonds is 2. The van der Waals surface area contributed by atoms with Crippen LogP contribution in [0, 0.1) is 17.8 Å². The number of para-hydroxylation sites is 2. The van der Waals surface area contributed by atoms with Gasteiger partial charge in [0, 0.05) is 16.7 Å². The SMILES string of the molecule is C#CC(=CC1=C(C)c2ccc(N3c4ccccc4C(C)(C)c4ccccc43)cc2C12c1ccccc1-c1ccccc12)C(C)(C)C. The lowest BCUT2D eigenvalue weighted by Crippen LogP contribution is -2.31. The highest BCUT2D eigenvalue weighted by Crippen LogP contribution is 2.63. The lowest BCUT2D eigenvalue weighted by atomic mass is 9.68. The minimum absolute atomic E-state index is 0.111. The van der Waals surface area contributed by atoms with Crippen LogP contribution in [-0.4, -0.2) is 0 Å². The van der Waals surface area contributed by atoms with Gasteiger partial charge in [-0.15, -0.1) is 6.42 Å². The Bertz CT molecular complexity index is 2090. The molecular formula is C45H39N. The number of anilines is 3. The quantitative estimate of drug-likeness (QED) is 0.184. The third kappa shape index (κ3) is 3.65. The first-order valence-corrected chi connectivity index (χ1v) is 16.3. The second-order valence-electron chi connectivity index (χ2n) is 14.6. The standard InChI is InChI=1S/C45H39N/c1-8-30(43(3,4)5)27-39-29(2)32-26-25-31(46-41-23-15-13-21-37(41)44(6,7)38-22-14-16-24-42(38)46)28-40(32)45(39)35-19-11-9-17-33(35)34-18-10-12-20-36(34)45/h1,9-28H,2-7H3. The maximum atomic E-state index is 6.25. The second-order valence-corrected chi connectivity index (χ2v) is 14.6. The average molecular weight is 594 g/mol. The van der Waals surface area contributed by atoms with E-state index in [1.165, 1.54) is 72.7 Å². The van der Waals surface area contributed by atoms with E-state index in [4.69, 9.17) is 6.42 Å². The van der Waals surface area contributed by atoms with Crippen molar-refractivity contribution in [1.82, 2.24) is 0 Å². The van der Waals surface area contributed by atoms with Gasteiger partial charge in [-0.25, -0.2) is 0 Å². The topological polar surface area (TPSA) is 3.24 Å². The molecule has 0 bridgehead atoms. The fraction of sp³-hybridized carbons (Fsp3) is 0.200. The van der Waals surface area contributed by atoms with E-state index in [1.54, 1.807) is 0 Å². The van der Waals surface area contributed by atoms with Crippen molar-refractivity contribution >= 4 is 22.6 Å². The van der Waals surface area contributed by atoms with Crippen molar-refractivity contribution in [2.75, 3.05) is 4.90 Å². The van der Waals surface area contributed by atoms with E-state index in [1.807, 2.05) is 0 Å². The number of hydrogen-bond acceptors (Lipinski definition) is 1. The van der Waals surface area contributed by atoms with Gasteiger partial charge in [0.15, 0.2) is 0 Å². The highest BCUT2D eigenvalue weighted by atomic mass is 15.2. The fourth-order valence-electron chi connectivity index (χ4n) is 8.48. The average Bonchev–Trinajstić information content (AvgIpc) is 3.48. The molecule has 1 heteroatoms. The molecule has 5 aromatic carbocycles. The molecule has 5 aromatic rings. The minimum Gasteiger partial charge on any atom is -0.310 e. The zero-order valence-electron chi connectivity index (χ0n) is 27.6. The Hall–Kier alpha value is -5.06. The lowest BCUT2D eigenvalue weighted by molar-refractivity contribution is 0.520. The summed E-state index contributed by atoms with van der Waals surface area (Å²) in [7, 11) is 0. The molecule has 0 fully saturated rings. The summed E-state index contributed by atoms with van der Waals surface area (Å²) in [4.78, 5) is 2.47. The molecule has 2 aliphatic carbocycles. The van der Waals surface area contributed by atoms with E-state index >= 15 is 0 Å². The molecule has 8 rings (SSSR count). The van der Waals surface area contributed by atoms with Crippen molar-refractivity contribution in [2.24, 2.45) is 5.41 Å². The van der Waals surface area contributed by atoms with E-state index in [2.05, 4.69) is 174 Å². The van der Waals surface area contributed by atoms with Crippen molar-refractivity contribution in [3.05, 3.63) is 166 Å². The molecule has 1 spiro atoms. The van der Waals surface area contributed by atoms with Crippen LogP contribution >= 0.6 is 0 Å². The van der Waals surface area contributed by atoms with E-state index in [9.17, 15) is 0 Å². The second kappa shape index (κ2) is 9.72. The number of fused-ring (bicyclic) bond motifs is 9. The predicted molar refractivity (Wildman–Crippen MR) is 194 cm³/mol. The van der Waals surface area contributed by atoms with Crippen molar-refractivity contribution in [3.63, 3.8) is 0 Å². The van der Waals surface area contributed by atoms with Crippen LogP contribution in [-0.2, 0) is 10.8 Å². The molecule has 224 valence electrons. The number of hydrogen-bond donors (Lipinski definition) is 0. The number of nitrogens with zero attached hydrogens (tertiary/aromatic N) is 1. The zero-order chi connectivity index (χ0) is 32.0. The first kappa shape index (κ1) is 28.4. The summed E-state index contributed by atoms with van der Waals surface area (Å²) in [6.07, 6.45) is 8.59. The summed E-state index contributed by atoms with van der Waals surface area (Å²) in [6, 6.07) is 42.9. The van der Waals surface area contributed by atoms with Gasteiger partial charge >= 0.3 is 0 Å². The van der Waals surface area contributed by atoms with Gasteiger partial charge in [-0.05, 0) is 98.3 Å². The van der Waals surface area contributed by atoms with Crippen LogP contribution in [0.3, 0.4) is 0 Å². The largest absolute Gasteiger partial charge is 0.310 e. The number of benzene rings is 5. The van der Waals surface area contributed by atoms with Gasteiger partial charge in [-0.2, -0.15) is 0 Å². The van der Waals surface area contributed by atoms with Crippen LogP contribution in [0.15, 0.2) is 132 Å². The summed E-state index contributed by atoms with van der Waals surface area (Å²) in [5, 5.41) is 0. The number of allylic oxidation sites excluding steroid dienone is 4. The summed E-state index contributed by atoms with van der Waals surface area (Å²) >= 11 is 0. The Morgan fingerprint density at radius 2 is 1.15 bits per heavy atom. The highest BCUT2D eigenvalue weighted by Gasteiger charge is 2.52. The Balaban J connectivity index is 1.46. The highest BCUT2D eigenvalue weighted by molar-refractivity contribution is 5.97. The molecule has 0 aromatic heterocycles. The summed E-state index contributed by atoms with van der Waals surface area (Å²) < 4.78 is 0.